The van der Waals surface area contributed by atoms with Crippen molar-refractivity contribution >= 4 is 0 Å². The van der Waals surface area contributed by atoms with Crippen LogP contribution in [0.2, 0.25) is 0 Å². The molecule has 0 nitrogen and oxygen atoms in total. The van der Waals surface area contributed by atoms with Gasteiger partial charge in [0.1, 0.15) is 6.17 Å². The minimum Gasteiger partial charge on any atom is -0.244 e. The molecular formula is C7H9F2. The minimum atomic E-state index is -1.20. The summed E-state index contributed by atoms with van der Waals surface area (Å²) in [7, 11) is 0. The van der Waals surface area contributed by atoms with Crippen molar-refractivity contribution in [3.63, 3.8) is 0 Å². The smallest absolute Gasteiger partial charge is 0.181 e. The predicted octanol–water partition coefficient (Wildman–Crippen LogP) is 2.26. The Bertz CT molecular complexity index is 106. The van der Waals surface area contributed by atoms with E-state index in [1.165, 1.54) is 0 Å². The SMILES string of the molecule is F[C]1C2CCC(C2)C1F. The van der Waals surface area contributed by atoms with E-state index in [1.807, 2.05) is 0 Å². The predicted molar refractivity (Wildman–Crippen MR) is 30.1 cm³/mol. The third-order valence-corrected chi connectivity index (χ3v) is 2.54. The molecule has 0 aromatic heterocycles. The molecule has 2 aliphatic rings. The van der Waals surface area contributed by atoms with Crippen molar-refractivity contribution in [3.05, 3.63) is 6.17 Å². The average Bonchev–Trinajstić information content (AvgIpc) is 2.37. The van der Waals surface area contributed by atoms with Gasteiger partial charge in [-0.2, -0.15) is 0 Å². The highest BCUT2D eigenvalue weighted by atomic mass is 19.2. The summed E-state index contributed by atoms with van der Waals surface area (Å²) in [4.78, 5) is 0. The highest BCUT2D eigenvalue weighted by Crippen LogP contribution is 2.51. The van der Waals surface area contributed by atoms with E-state index in [0.29, 0.717) is 0 Å². The molecule has 0 aliphatic heterocycles. The molecule has 9 heavy (non-hydrogen) atoms. The Hall–Kier alpha value is -0.140. The fraction of sp³-hybridized carbons (Fsp3) is 0.857. The van der Waals surface area contributed by atoms with Crippen molar-refractivity contribution in [2.24, 2.45) is 11.8 Å². The lowest BCUT2D eigenvalue weighted by Crippen LogP contribution is -2.17. The second kappa shape index (κ2) is 1.68. The molecule has 0 saturated heterocycles. The number of hydrogen-bond acceptors (Lipinski definition) is 0. The Morgan fingerprint density at radius 1 is 1.33 bits per heavy atom. The van der Waals surface area contributed by atoms with E-state index in [2.05, 4.69) is 0 Å². The summed E-state index contributed by atoms with van der Waals surface area (Å²) in [5.41, 5.74) is 0. The van der Waals surface area contributed by atoms with E-state index in [1.54, 1.807) is 0 Å². The van der Waals surface area contributed by atoms with Gasteiger partial charge in [0.15, 0.2) is 6.17 Å². The fourth-order valence-electron chi connectivity index (χ4n) is 1.98. The Morgan fingerprint density at radius 3 is 2.44 bits per heavy atom. The van der Waals surface area contributed by atoms with Crippen LogP contribution in [0.1, 0.15) is 19.3 Å². The molecule has 3 unspecified atom stereocenters. The zero-order valence-corrected chi connectivity index (χ0v) is 5.11. The average molecular weight is 131 g/mol. The maximum atomic E-state index is 12.6. The van der Waals surface area contributed by atoms with Gasteiger partial charge in [0, 0.05) is 0 Å². The van der Waals surface area contributed by atoms with Gasteiger partial charge in [-0.05, 0) is 31.1 Å². The summed E-state index contributed by atoms with van der Waals surface area (Å²) in [5.74, 6) is 0.0278. The summed E-state index contributed by atoms with van der Waals surface area (Å²) in [6.45, 7) is 0. The summed E-state index contributed by atoms with van der Waals surface area (Å²) in [5, 5.41) is 0. The van der Waals surface area contributed by atoms with Gasteiger partial charge in [0.25, 0.3) is 0 Å². The van der Waals surface area contributed by atoms with E-state index in [4.69, 9.17) is 0 Å². The molecule has 0 spiro atoms. The molecule has 0 aromatic carbocycles. The Morgan fingerprint density at radius 2 is 2.11 bits per heavy atom. The third-order valence-electron chi connectivity index (χ3n) is 2.54. The lowest BCUT2D eigenvalue weighted by atomic mass is 9.97. The van der Waals surface area contributed by atoms with Gasteiger partial charge in [-0.1, -0.05) is 0 Å². The molecule has 0 heterocycles. The number of halogens is 2. The molecule has 2 aliphatic carbocycles. The van der Waals surface area contributed by atoms with Gasteiger partial charge in [-0.25, -0.2) is 8.78 Å². The van der Waals surface area contributed by atoms with Crippen LogP contribution in [0.15, 0.2) is 0 Å². The molecule has 2 saturated carbocycles. The zero-order valence-electron chi connectivity index (χ0n) is 5.11. The van der Waals surface area contributed by atoms with Gasteiger partial charge >= 0.3 is 0 Å². The van der Waals surface area contributed by atoms with E-state index < -0.39 is 6.17 Å². The van der Waals surface area contributed by atoms with Crippen molar-refractivity contribution in [1.29, 1.82) is 0 Å². The van der Waals surface area contributed by atoms with Crippen LogP contribution in [0, 0.1) is 18.0 Å². The highest BCUT2D eigenvalue weighted by molar-refractivity contribution is 5.08. The maximum absolute atomic E-state index is 12.6. The Labute approximate surface area is 53.2 Å². The van der Waals surface area contributed by atoms with E-state index in [-0.39, 0.29) is 18.0 Å². The van der Waals surface area contributed by atoms with E-state index >= 15 is 0 Å². The van der Waals surface area contributed by atoms with Crippen molar-refractivity contribution in [1.82, 2.24) is 0 Å². The first-order valence-electron chi connectivity index (χ1n) is 3.45. The topological polar surface area (TPSA) is 0 Å². The molecule has 2 rings (SSSR count). The number of fused-ring (bicyclic) bond motifs is 2. The summed E-state index contributed by atoms with van der Waals surface area (Å²) in [6.07, 6.45) is 0.985. The molecule has 3 atom stereocenters. The van der Waals surface area contributed by atoms with Crippen molar-refractivity contribution in [3.8, 4) is 0 Å². The van der Waals surface area contributed by atoms with Gasteiger partial charge in [-0.3, -0.25) is 0 Å². The standard InChI is InChI=1S/C7H9F2/c8-6-4-1-2-5(3-4)7(6)9/h4-6H,1-3H2. The van der Waals surface area contributed by atoms with Crippen molar-refractivity contribution in [2.45, 2.75) is 25.4 Å². The van der Waals surface area contributed by atoms with Crippen LogP contribution in [-0.4, -0.2) is 6.17 Å². The molecule has 2 fully saturated rings. The van der Waals surface area contributed by atoms with Gasteiger partial charge in [0.2, 0.25) is 0 Å². The molecule has 1 radical (unpaired) electrons. The normalized spacial score (nSPS) is 50.7. The lowest BCUT2D eigenvalue weighted by Gasteiger charge is -2.16. The summed E-state index contributed by atoms with van der Waals surface area (Å²) >= 11 is 0. The Kier molecular flexibility index (Phi) is 1.05. The number of alkyl halides is 1. The van der Waals surface area contributed by atoms with Crippen LogP contribution < -0.4 is 0 Å². The highest BCUT2D eigenvalue weighted by Gasteiger charge is 2.49. The fourth-order valence-corrected chi connectivity index (χ4v) is 1.98. The maximum Gasteiger partial charge on any atom is 0.181 e. The second-order valence-electron chi connectivity index (χ2n) is 3.06. The molecular weight excluding hydrogens is 122 g/mol. The van der Waals surface area contributed by atoms with Crippen LogP contribution in [0.4, 0.5) is 8.78 Å². The van der Waals surface area contributed by atoms with E-state index in [9.17, 15) is 8.78 Å². The molecule has 0 aromatic rings. The van der Waals surface area contributed by atoms with Gasteiger partial charge in [0.05, 0.1) is 0 Å². The van der Waals surface area contributed by atoms with E-state index in [0.717, 1.165) is 19.3 Å². The first-order valence-corrected chi connectivity index (χ1v) is 3.45. The first-order chi connectivity index (χ1) is 4.29. The number of hydrogen-bond donors (Lipinski definition) is 0. The number of rotatable bonds is 0. The molecule has 0 amide bonds. The van der Waals surface area contributed by atoms with Crippen LogP contribution >= 0.6 is 0 Å². The molecule has 51 valence electrons. The summed E-state index contributed by atoms with van der Waals surface area (Å²) < 4.78 is 25.2. The quantitative estimate of drug-likeness (QED) is 0.473. The lowest BCUT2D eigenvalue weighted by molar-refractivity contribution is 0.189. The third kappa shape index (κ3) is 0.620. The van der Waals surface area contributed by atoms with Gasteiger partial charge in [-0.15, -0.1) is 0 Å². The largest absolute Gasteiger partial charge is 0.244 e. The van der Waals surface area contributed by atoms with Crippen LogP contribution in [0.25, 0.3) is 0 Å². The van der Waals surface area contributed by atoms with Crippen LogP contribution in [0.3, 0.4) is 0 Å². The zero-order chi connectivity index (χ0) is 6.43. The first kappa shape index (κ1) is 5.63. The van der Waals surface area contributed by atoms with Gasteiger partial charge < -0.3 is 0 Å². The molecule has 2 heteroatoms. The molecule has 0 N–H and O–H groups in total. The Balaban J connectivity index is 2.15. The van der Waals surface area contributed by atoms with Crippen LogP contribution in [-0.2, 0) is 0 Å². The monoisotopic (exact) mass is 131 g/mol. The molecule has 2 bridgehead atoms. The van der Waals surface area contributed by atoms with Crippen molar-refractivity contribution < 1.29 is 8.78 Å². The summed E-state index contributed by atoms with van der Waals surface area (Å²) in [6, 6.07) is 0. The van der Waals surface area contributed by atoms with Crippen molar-refractivity contribution in [2.75, 3.05) is 0 Å². The van der Waals surface area contributed by atoms with Crippen LogP contribution in [0.5, 0.6) is 0 Å². The minimum absolute atomic E-state index is 0.00926. The second-order valence-corrected chi connectivity index (χ2v) is 3.06.